The summed E-state index contributed by atoms with van der Waals surface area (Å²) in [7, 11) is 2.12. The van der Waals surface area contributed by atoms with Crippen LogP contribution in [-0.2, 0) is 0 Å². The maximum atomic E-state index is 12.4. The Kier molecular flexibility index (Phi) is 4.45. The normalized spacial score (nSPS) is 15.2. The van der Waals surface area contributed by atoms with Crippen molar-refractivity contribution in [1.29, 1.82) is 0 Å². The highest BCUT2D eigenvalue weighted by atomic mass is 16.1. The molecule has 7 heteroatoms. The summed E-state index contributed by atoms with van der Waals surface area (Å²) in [6, 6.07) is 11.3. The molecule has 3 heterocycles. The number of amides is 1. The number of hydrogen-bond acceptors (Lipinski definition) is 6. The van der Waals surface area contributed by atoms with Crippen molar-refractivity contribution in [2.45, 2.75) is 0 Å². The molecule has 1 aromatic carbocycles. The molecule has 26 heavy (non-hydrogen) atoms. The van der Waals surface area contributed by atoms with Crippen LogP contribution in [0.15, 0.2) is 48.8 Å². The SMILES string of the molecule is CN1CCN(c2ccc(NC(=O)c3cnc4ccccc4n3)cn2)CC1. The molecule has 4 rings (SSSR count). The second-order valence-corrected chi connectivity index (χ2v) is 6.39. The minimum Gasteiger partial charge on any atom is -0.354 e. The molecule has 1 aliphatic heterocycles. The molecule has 1 amide bonds. The van der Waals surface area contributed by atoms with E-state index in [9.17, 15) is 4.79 Å². The van der Waals surface area contributed by atoms with Gasteiger partial charge < -0.3 is 15.1 Å². The van der Waals surface area contributed by atoms with E-state index < -0.39 is 0 Å². The molecule has 3 aromatic rings. The average molecular weight is 348 g/mol. The number of nitrogens with one attached hydrogen (secondary N) is 1. The van der Waals surface area contributed by atoms with E-state index in [4.69, 9.17) is 0 Å². The summed E-state index contributed by atoms with van der Waals surface area (Å²) in [5.41, 5.74) is 2.39. The van der Waals surface area contributed by atoms with E-state index in [0.29, 0.717) is 11.2 Å². The second-order valence-electron chi connectivity index (χ2n) is 6.39. The maximum Gasteiger partial charge on any atom is 0.275 e. The third-order valence-electron chi connectivity index (χ3n) is 4.51. The van der Waals surface area contributed by atoms with Gasteiger partial charge in [-0.15, -0.1) is 0 Å². The van der Waals surface area contributed by atoms with Gasteiger partial charge >= 0.3 is 0 Å². The van der Waals surface area contributed by atoms with E-state index in [1.165, 1.54) is 6.20 Å². The average Bonchev–Trinajstić information content (AvgIpc) is 2.69. The minimum atomic E-state index is -0.294. The number of nitrogens with zero attached hydrogens (tertiary/aromatic N) is 5. The van der Waals surface area contributed by atoms with E-state index in [-0.39, 0.29) is 11.6 Å². The van der Waals surface area contributed by atoms with E-state index in [1.807, 2.05) is 36.4 Å². The van der Waals surface area contributed by atoms with Crippen LogP contribution in [0.5, 0.6) is 0 Å². The number of piperazine rings is 1. The highest BCUT2D eigenvalue weighted by Gasteiger charge is 2.15. The molecule has 0 radical (unpaired) electrons. The van der Waals surface area contributed by atoms with Crippen LogP contribution in [0.25, 0.3) is 11.0 Å². The molecule has 1 aliphatic rings. The predicted octanol–water partition coefficient (Wildman–Crippen LogP) is 2.03. The smallest absolute Gasteiger partial charge is 0.275 e. The molecule has 132 valence electrons. The molecule has 0 bridgehead atoms. The van der Waals surface area contributed by atoms with E-state index in [0.717, 1.165) is 37.5 Å². The number of fused-ring (bicyclic) bond motifs is 1. The van der Waals surface area contributed by atoms with Gasteiger partial charge in [-0.25, -0.2) is 9.97 Å². The molecule has 0 unspecified atom stereocenters. The number of anilines is 2. The van der Waals surface area contributed by atoms with Gasteiger partial charge in [0.15, 0.2) is 0 Å². The summed E-state index contributed by atoms with van der Waals surface area (Å²) in [5, 5.41) is 2.83. The largest absolute Gasteiger partial charge is 0.354 e. The molecular weight excluding hydrogens is 328 g/mol. The monoisotopic (exact) mass is 348 g/mol. The lowest BCUT2D eigenvalue weighted by molar-refractivity contribution is 0.102. The number of carbonyl (C=O) groups is 1. The Bertz CT molecular complexity index is 919. The predicted molar refractivity (Wildman–Crippen MR) is 101 cm³/mol. The first-order valence-corrected chi connectivity index (χ1v) is 8.62. The number of carbonyl (C=O) groups excluding carboxylic acids is 1. The third-order valence-corrected chi connectivity index (χ3v) is 4.51. The standard InChI is InChI=1S/C19H20N6O/c1-24-8-10-25(11-9-24)18-7-6-14(12-21-18)22-19(26)17-13-20-15-4-2-3-5-16(15)23-17/h2-7,12-13H,8-11H2,1H3,(H,22,26). The lowest BCUT2D eigenvalue weighted by atomic mass is 10.3. The van der Waals surface area contributed by atoms with Crippen LogP contribution >= 0.6 is 0 Å². The molecular formula is C19H20N6O. The summed E-state index contributed by atoms with van der Waals surface area (Å²) in [4.78, 5) is 30.1. The summed E-state index contributed by atoms with van der Waals surface area (Å²) in [5.74, 6) is 0.638. The molecule has 2 aromatic heterocycles. The van der Waals surface area contributed by atoms with Crippen molar-refractivity contribution < 1.29 is 4.79 Å². The number of aromatic nitrogens is 3. The lowest BCUT2D eigenvalue weighted by Crippen LogP contribution is -2.44. The molecule has 1 N–H and O–H groups in total. The van der Waals surface area contributed by atoms with Crippen molar-refractivity contribution in [2.24, 2.45) is 0 Å². The minimum absolute atomic E-state index is 0.284. The van der Waals surface area contributed by atoms with Crippen LogP contribution in [0.4, 0.5) is 11.5 Å². The molecule has 0 aliphatic carbocycles. The fraction of sp³-hybridized carbons (Fsp3) is 0.263. The summed E-state index contributed by atoms with van der Waals surface area (Å²) in [6.07, 6.45) is 3.17. The lowest BCUT2D eigenvalue weighted by Gasteiger charge is -2.33. The Morgan fingerprint density at radius 2 is 1.73 bits per heavy atom. The van der Waals surface area contributed by atoms with E-state index in [1.54, 1.807) is 6.20 Å². The van der Waals surface area contributed by atoms with Gasteiger partial charge in [0.25, 0.3) is 5.91 Å². The number of rotatable bonds is 3. The Hall–Kier alpha value is -3.06. The van der Waals surface area contributed by atoms with Gasteiger partial charge in [0.1, 0.15) is 11.5 Å². The Morgan fingerprint density at radius 3 is 2.46 bits per heavy atom. The van der Waals surface area contributed by atoms with Gasteiger partial charge in [-0.3, -0.25) is 9.78 Å². The highest BCUT2D eigenvalue weighted by molar-refractivity contribution is 6.03. The first-order valence-electron chi connectivity index (χ1n) is 8.62. The van der Waals surface area contributed by atoms with Crippen molar-refractivity contribution >= 4 is 28.4 Å². The molecule has 1 saturated heterocycles. The highest BCUT2D eigenvalue weighted by Crippen LogP contribution is 2.16. The number of benzene rings is 1. The number of likely N-dealkylation sites (N-methyl/N-ethyl adjacent to an activating group) is 1. The molecule has 0 spiro atoms. The van der Waals surface area contributed by atoms with Gasteiger partial charge in [-0.05, 0) is 31.3 Å². The van der Waals surface area contributed by atoms with E-state index in [2.05, 4.69) is 37.1 Å². The van der Waals surface area contributed by atoms with Crippen molar-refractivity contribution in [3.8, 4) is 0 Å². The molecule has 1 fully saturated rings. The zero-order valence-corrected chi connectivity index (χ0v) is 14.6. The van der Waals surface area contributed by atoms with Crippen molar-refractivity contribution in [3.05, 3.63) is 54.5 Å². The Labute approximate surface area is 151 Å². The first-order chi connectivity index (χ1) is 12.7. The van der Waals surface area contributed by atoms with Gasteiger partial charge in [0, 0.05) is 26.2 Å². The van der Waals surface area contributed by atoms with Crippen LogP contribution in [0.3, 0.4) is 0 Å². The fourth-order valence-electron chi connectivity index (χ4n) is 2.94. The zero-order valence-electron chi connectivity index (χ0n) is 14.6. The van der Waals surface area contributed by atoms with Gasteiger partial charge in [-0.1, -0.05) is 12.1 Å². The third kappa shape index (κ3) is 3.48. The Morgan fingerprint density at radius 1 is 0.962 bits per heavy atom. The van der Waals surface area contributed by atoms with Crippen molar-refractivity contribution in [2.75, 3.05) is 43.4 Å². The van der Waals surface area contributed by atoms with Gasteiger partial charge in [0.05, 0.1) is 29.1 Å². The van der Waals surface area contributed by atoms with Crippen LogP contribution in [0.1, 0.15) is 10.5 Å². The quantitative estimate of drug-likeness (QED) is 0.781. The summed E-state index contributed by atoms with van der Waals surface area (Å²) >= 11 is 0. The summed E-state index contributed by atoms with van der Waals surface area (Å²) in [6.45, 7) is 3.98. The van der Waals surface area contributed by atoms with Crippen molar-refractivity contribution in [3.63, 3.8) is 0 Å². The van der Waals surface area contributed by atoms with Crippen LogP contribution in [0.2, 0.25) is 0 Å². The second kappa shape index (κ2) is 7.05. The van der Waals surface area contributed by atoms with Gasteiger partial charge in [-0.2, -0.15) is 0 Å². The van der Waals surface area contributed by atoms with E-state index >= 15 is 0 Å². The number of para-hydroxylation sites is 2. The fourth-order valence-corrected chi connectivity index (χ4v) is 2.94. The van der Waals surface area contributed by atoms with Crippen LogP contribution in [0, 0.1) is 0 Å². The maximum absolute atomic E-state index is 12.4. The van der Waals surface area contributed by atoms with Crippen LogP contribution < -0.4 is 10.2 Å². The molecule has 7 nitrogen and oxygen atoms in total. The molecule has 0 saturated carbocycles. The summed E-state index contributed by atoms with van der Waals surface area (Å²) < 4.78 is 0. The first kappa shape index (κ1) is 16.4. The topological polar surface area (TPSA) is 74.2 Å². The molecule has 0 atom stereocenters. The number of pyridine rings is 1. The van der Waals surface area contributed by atoms with Crippen LogP contribution in [-0.4, -0.2) is 59.0 Å². The van der Waals surface area contributed by atoms with Gasteiger partial charge in [0.2, 0.25) is 0 Å². The number of hydrogen-bond donors (Lipinski definition) is 1. The van der Waals surface area contributed by atoms with Crippen molar-refractivity contribution in [1.82, 2.24) is 19.9 Å². The zero-order chi connectivity index (χ0) is 17.9. The Balaban J connectivity index is 1.45.